The van der Waals surface area contributed by atoms with Gasteiger partial charge in [-0.05, 0) is 43.2 Å². The van der Waals surface area contributed by atoms with Crippen LogP contribution in [0.1, 0.15) is 27.0 Å². The number of hydrogen-bond donors (Lipinski definition) is 1. The Hall–Kier alpha value is -2.21. The van der Waals surface area contributed by atoms with Gasteiger partial charge >= 0.3 is 0 Å². The maximum Gasteiger partial charge on any atom is 0.255 e. The van der Waals surface area contributed by atoms with Crippen molar-refractivity contribution in [2.24, 2.45) is 0 Å². The standard InChI is InChI=1S/C17H18FNO3S/c1-11-5-4-6-15(12(11)2)17(20)19-14-8-7-13(16(18)9-14)10-23(3,21)22/h4-9H,10H2,1-3H3,(H,19,20). The molecule has 0 saturated heterocycles. The number of nitrogens with one attached hydrogen (secondary N) is 1. The lowest BCUT2D eigenvalue weighted by atomic mass is 10.0. The van der Waals surface area contributed by atoms with E-state index in [1.165, 1.54) is 12.1 Å². The van der Waals surface area contributed by atoms with Crippen molar-refractivity contribution in [3.05, 3.63) is 64.5 Å². The molecule has 0 unspecified atom stereocenters. The first-order valence-electron chi connectivity index (χ1n) is 7.01. The van der Waals surface area contributed by atoms with Crippen LogP contribution in [0.5, 0.6) is 0 Å². The summed E-state index contributed by atoms with van der Waals surface area (Å²) in [6.07, 6.45) is 1.04. The third-order valence-corrected chi connectivity index (χ3v) is 4.41. The van der Waals surface area contributed by atoms with Gasteiger partial charge in [0.25, 0.3) is 5.91 Å². The van der Waals surface area contributed by atoms with Crippen molar-refractivity contribution in [3.63, 3.8) is 0 Å². The van der Waals surface area contributed by atoms with Crippen LogP contribution in [0.2, 0.25) is 0 Å². The molecule has 2 rings (SSSR count). The highest BCUT2D eigenvalue weighted by atomic mass is 32.2. The maximum absolute atomic E-state index is 14.0. The molecule has 122 valence electrons. The molecule has 0 spiro atoms. The number of rotatable bonds is 4. The fraction of sp³-hybridized carbons (Fsp3) is 0.235. The molecule has 0 aliphatic carbocycles. The predicted octanol–water partition coefficient (Wildman–Crippen LogP) is 3.24. The lowest BCUT2D eigenvalue weighted by Crippen LogP contribution is -2.14. The molecular weight excluding hydrogens is 317 g/mol. The lowest BCUT2D eigenvalue weighted by Gasteiger charge is -2.10. The number of halogens is 1. The van der Waals surface area contributed by atoms with Crippen molar-refractivity contribution in [2.75, 3.05) is 11.6 Å². The van der Waals surface area contributed by atoms with E-state index in [1.807, 2.05) is 19.9 Å². The summed E-state index contributed by atoms with van der Waals surface area (Å²) in [6.45, 7) is 3.76. The zero-order valence-corrected chi connectivity index (χ0v) is 14.0. The second kappa shape index (κ2) is 6.50. The van der Waals surface area contributed by atoms with Gasteiger partial charge in [0.2, 0.25) is 0 Å². The van der Waals surface area contributed by atoms with Crippen molar-refractivity contribution >= 4 is 21.4 Å². The number of carbonyl (C=O) groups is 1. The number of hydrogen-bond acceptors (Lipinski definition) is 3. The zero-order chi connectivity index (χ0) is 17.2. The second-order valence-electron chi connectivity index (χ2n) is 5.58. The van der Waals surface area contributed by atoms with E-state index >= 15 is 0 Å². The molecule has 0 bridgehead atoms. The molecule has 4 nitrogen and oxygen atoms in total. The van der Waals surface area contributed by atoms with Gasteiger partial charge in [0.15, 0.2) is 9.84 Å². The van der Waals surface area contributed by atoms with E-state index in [9.17, 15) is 17.6 Å². The van der Waals surface area contributed by atoms with Gasteiger partial charge in [-0.1, -0.05) is 18.2 Å². The van der Waals surface area contributed by atoms with Gasteiger partial charge in [0.1, 0.15) is 5.82 Å². The van der Waals surface area contributed by atoms with Crippen LogP contribution in [0.3, 0.4) is 0 Å². The predicted molar refractivity (Wildman–Crippen MR) is 88.8 cm³/mol. The smallest absolute Gasteiger partial charge is 0.255 e. The molecule has 1 N–H and O–H groups in total. The molecule has 0 aliphatic rings. The van der Waals surface area contributed by atoms with Gasteiger partial charge in [-0.2, -0.15) is 0 Å². The molecule has 6 heteroatoms. The molecule has 0 fully saturated rings. The average Bonchev–Trinajstić information content (AvgIpc) is 2.43. The minimum atomic E-state index is -3.32. The highest BCUT2D eigenvalue weighted by Gasteiger charge is 2.13. The van der Waals surface area contributed by atoms with Crippen LogP contribution in [-0.2, 0) is 15.6 Å². The largest absolute Gasteiger partial charge is 0.322 e. The van der Waals surface area contributed by atoms with E-state index in [0.717, 1.165) is 23.4 Å². The number of amides is 1. The molecule has 0 heterocycles. The summed E-state index contributed by atoms with van der Waals surface area (Å²) in [4.78, 5) is 12.3. The Bertz CT molecular complexity index is 860. The SMILES string of the molecule is Cc1cccc(C(=O)Nc2ccc(CS(C)(=O)=O)c(F)c2)c1C. The molecule has 0 atom stereocenters. The monoisotopic (exact) mass is 335 g/mol. The van der Waals surface area contributed by atoms with Crippen LogP contribution in [0.25, 0.3) is 0 Å². The maximum atomic E-state index is 14.0. The van der Waals surface area contributed by atoms with Crippen LogP contribution in [0.4, 0.5) is 10.1 Å². The Kier molecular flexibility index (Phi) is 4.85. The lowest BCUT2D eigenvalue weighted by molar-refractivity contribution is 0.102. The fourth-order valence-corrected chi connectivity index (χ4v) is 3.02. The van der Waals surface area contributed by atoms with Crippen molar-refractivity contribution < 1.29 is 17.6 Å². The second-order valence-corrected chi connectivity index (χ2v) is 7.72. The normalized spacial score (nSPS) is 11.3. The van der Waals surface area contributed by atoms with Crippen LogP contribution in [0, 0.1) is 19.7 Å². The molecule has 0 aliphatic heterocycles. The first-order chi connectivity index (χ1) is 10.7. The van der Waals surface area contributed by atoms with E-state index in [0.29, 0.717) is 5.56 Å². The third kappa shape index (κ3) is 4.39. The number of benzene rings is 2. The summed E-state index contributed by atoms with van der Waals surface area (Å²) >= 11 is 0. The minimum absolute atomic E-state index is 0.0808. The number of aryl methyl sites for hydroxylation is 1. The Morgan fingerprint density at radius 1 is 1.17 bits per heavy atom. The van der Waals surface area contributed by atoms with E-state index < -0.39 is 15.7 Å². The van der Waals surface area contributed by atoms with Gasteiger partial charge in [0, 0.05) is 23.1 Å². The van der Waals surface area contributed by atoms with E-state index in [2.05, 4.69) is 5.32 Å². The van der Waals surface area contributed by atoms with Crippen molar-refractivity contribution in [3.8, 4) is 0 Å². The average molecular weight is 335 g/mol. The zero-order valence-electron chi connectivity index (χ0n) is 13.2. The van der Waals surface area contributed by atoms with E-state index in [-0.39, 0.29) is 22.9 Å². The molecule has 2 aromatic rings. The molecule has 0 aromatic heterocycles. The Balaban J connectivity index is 2.22. The summed E-state index contributed by atoms with van der Waals surface area (Å²) in [5.41, 5.74) is 2.74. The van der Waals surface area contributed by atoms with Crippen LogP contribution in [-0.4, -0.2) is 20.6 Å². The van der Waals surface area contributed by atoms with Crippen molar-refractivity contribution in [1.82, 2.24) is 0 Å². The quantitative estimate of drug-likeness (QED) is 0.933. The molecule has 0 saturated carbocycles. The number of anilines is 1. The summed E-state index contributed by atoms with van der Waals surface area (Å²) in [5.74, 6) is -1.36. The van der Waals surface area contributed by atoms with Crippen molar-refractivity contribution in [1.29, 1.82) is 0 Å². The van der Waals surface area contributed by atoms with Gasteiger partial charge in [0.05, 0.1) is 5.75 Å². The van der Waals surface area contributed by atoms with E-state index in [1.54, 1.807) is 12.1 Å². The molecule has 0 radical (unpaired) electrons. The highest BCUT2D eigenvalue weighted by molar-refractivity contribution is 7.89. The van der Waals surface area contributed by atoms with E-state index in [4.69, 9.17) is 0 Å². The summed E-state index contributed by atoms with van der Waals surface area (Å²) in [5, 5.41) is 2.63. The number of carbonyl (C=O) groups excluding carboxylic acids is 1. The Morgan fingerprint density at radius 2 is 1.87 bits per heavy atom. The molecule has 23 heavy (non-hydrogen) atoms. The molecular formula is C17H18FNO3S. The summed E-state index contributed by atoms with van der Waals surface area (Å²) in [7, 11) is -3.32. The third-order valence-electron chi connectivity index (χ3n) is 3.58. The van der Waals surface area contributed by atoms with Crippen molar-refractivity contribution in [2.45, 2.75) is 19.6 Å². The Labute approximate surface area is 135 Å². The van der Waals surface area contributed by atoms with Gasteiger partial charge in [-0.3, -0.25) is 4.79 Å². The first-order valence-corrected chi connectivity index (χ1v) is 9.07. The summed E-state index contributed by atoms with van der Waals surface area (Å²) < 4.78 is 36.4. The molecule has 1 amide bonds. The highest BCUT2D eigenvalue weighted by Crippen LogP contribution is 2.19. The van der Waals surface area contributed by atoms with Gasteiger partial charge in [-0.25, -0.2) is 12.8 Å². The van der Waals surface area contributed by atoms with Crippen LogP contribution >= 0.6 is 0 Å². The van der Waals surface area contributed by atoms with Crippen LogP contribution < -0.4 is 5.32 Å². The van der Waals surface area contributed by atoms with Gasteiger partial charge < -0.3 is 5.32 Å². The fourth-order valence-electron chi connectivity index (χ4n) is 2.22. The first kappa shape index (κ1) is 17.1. The topological polar surface area (TPSA) is 63.2 Å². The minimum Gasteiger partial charge on any atom is -0.322 e. The number of sulfone groups is 1. The van der Waals surface area contributed by atoms with Crippen LogP contribution in [0.15, 0.2) is 36.4 Å². The summed E-state index contributed by atoms with van der Waals surface area (Å²) in [6, 6.07) is 9.39. The Morgan fingerprint density at radius 3 is 2.48 bits per heavy atom. The molecule has 2 aromatic carbocycles. The van der Waals surface area contributed by atoms with Gasteiger partial charge in [-0.15, -0.1) is 0 Å².